The fourth-order valence-electron chi connectivity index (χ4n) is 1.73. The van der Waals surface area contributed by atoms with Gasteiger partial charge in [-0.15, -0.1) is 0 Å². The molecule has 14 heavy (non-hydrogen) atoms. The molecule has 1 fully saturated rings. The minimum atomic E-state index is -2.66. The number of nitrogens with one attached hydrogen (secondary N) is 2. The maximum Gasteiger partial charge on any atom is 0.263 e. The van der Waals surface area contributed by atoms with Crippen LogP contribution in [0.3, 0.4) is 0 Å². The van der Waals surface area contributed by atoms with Gasteiger partial charge in [0.15, 0.2) is 0 Å². The number of carbonyl (C=O) groups is 1. The second-order valence-corrected chi connectivity index (χ2v) is 3.71. The molecule has 0 spiro atoms. The van der Waals surface area contributed by atoms with Gasteiger partial charge in [0.2, 0.25) is 5.91 Å². The summed E-state index contributed by atoms with van der Waals surface area (Å²) < 4.78 is 26.3. The highest BCUT2D eigenvalue weighted by atomic mass is 19.3. The molecule has 0 heterocycles. The molecule has 2 N–H and O–H groups in total. The van der Waals surface area contributed by atoms with Crippen molar-refractivity contribution in [3.8, 4) is 0 Å². The van der Waals surface area contributed by atoms with Gasteiger partial charge in [0.05, 0.1) is 12.1 Å². The van der Waals surface area contributed by atoms with E-state index in [1.54, 1.807) is 6.92 Å². The lowest BCUT2D eigenvalue weighted by Crippen LogP contribution is -2.50. The van der Waals surface area contributed by atoms with Crippen LogP contribution in [0.15, 0.2) is 0 Å². The average molecular weight is 206 g/mol. The lowest BCUT2D eigenvalue weighted by molar-refractivity contribution is -0.123. The van der Waals surface area contributed by atoms with Crippen molar-refractivity contribution in [2.45, 2.75) is 44.2 Å². The molecule has 82 valence electrons. The third-order valence-electron chi connectivity index (χ3n) is 2.60. The van der Waals surface area contributed by atoms with Gasteiger partial charge >= 0.3 is 0 Å². The van der Waals surface area contributed by atoms with Gasteiger partial charge in [-0.2, -0.15) is 0 Å². The third-order valence-corrected chi connectivity index (χ3v) is 2.60. The molecule has 0 aromatic rings. The monoisotopic (exact) mass is 206 g/mol. The summed E-state index contributed by atoms with van der Waals surface area (Å²) in [6.07, 6.45) is 0.880. The Morgan fingerprint density at radius 3 is 2.64 bits per heavy atom. The Morgan fingerprint density at radius 1 is 1.57 bits per heavy atom. The average Bonchev–Trinajstić information content (AvgIpc) is 2.44. The molecule has 3 nitrogen and oxygen atoms in total. The van der Waals surface area contributed by atoms with Crippen molar-refractivity contribution < 1.29 is 13.6 Å². The largest absolute Gasteiger partial charge is 0.358 e. The molecule has 0 radical (unpaired) electrons. The summed E-state index contributed by atoms with van der Waals surface area (Å²) in [7, 11) is 1.49. The van der Waals surface area contributed by atoms with E-state index in [4.69, 9.17) is 0 Å². The summed E-state index contributed by atoms with van der Waals surface area (Å²) in [5.74, 6) is -2.92. The molecular formula is C9H16F2N2O. The van der Waals surface area contributed by atoms with Gasteiger partial charge in [0.25, 0.3) is 5.92 Å². The van der Waals surface area contributed by atoms with Crippen LogP contribution in [0, 0.1) is 0 Å². The number of carbonyl (C=O) groups excluding carboxylic acids is 1. The Morgan fingerprint density at radius 2 is 2.21 bits per heavy atom. The van der Waals surface area contributed by atoms with Crippen molar-refractivity contribution in [1.29, 1.82) is 0 Å². The van der Waals surface area contributed by atoms with Crippen LogP contribution in [0.5, 0.6) is 0 Å². The highest BCUT2D eigenvalue weighted by Crippen LogP contribution is 2.35. The normalized spacial score (nSPS) is 27.3. The molecule has 2 atom stereocenters. The molecule has 0 bridgehead atoms. The van der Waals surface area contributed by atoms with Crippen LogP contribution >= 0.6 is 0 Å². The summed E-state index contributed by atoms with van der Waals surface area (Å²) >= 11 is 0. The first-order valence-corrected chi connectivity index (χ1v) is 4.83. The highest BCUT2D eigenvalue weighted by Gasteiger charge is 2.44. The van der Waals surface area contributed by atoms with E-state index in [-0.39, 0.29) is 12.3 Å². The summed E-state index contributed by atoms with van der Waals surface area (Å²) in [6, 6.07) is -1.41. The van der Waals surface area contributed by atoms with Crippen LogP contribution in [-0.2, 0) is 4.79 Å². The van der Waals surface area contributed by atoms with E-state index in [0.29, 0.717) is 12.8 Å². The van der Waals surface area contributed by atoms with E-state index in [1.807, 2.05) is 0 Å². The fraction of sp³-hybridized carbons (Fsp3) is 0.889. The van der Waals surface area contributed by atoms with E-state index >= 15 is 0 Å². The van der Waals surface area contributed by atoms with Crippen molar-refractivity contribution in [1.82, 2.24) is 10.6 Å². The molecule has 0 aromatic carbocycles. The van der Waals surface area contributed by atoms with Crippen molar-refractivity contribution >= 4 is 5.91 Å². The summed E-state index contributed by atoms with van der Waals surface area (Å²) in [5, 5.41) is 5.08. The second kappa shape index (κ2) is 4.21. The smallest absolute Gasteiger partial charge is 0.263 e. The van der Waals surface area contributed by atoms with Crippen LogP contribution in [0.4, 0.5) is 8.78 Å². The number of alkyl halides is 2. The summed E-state index contributed by atoms with van der Waals surface area (Å²) in [5.41, 5.74) is 0. The first-order valence-electron chi connectivity index (χ1n) is 4.83. The number of rotatable bonds is 3. The molecule has 1 aliphatic carbocycles. The Labute approximate surface area is 82.2 Å². The van der Waals surface area contributed by atoms with E-state index in [1.165, 1.54) is 7.05 Å². The molecule has 2 unspecified atom stereocenters. The topological polar surface area (TPSA) is 41.1 Å². The molecule has 1 aliphatic rings. The van der Waals surface area contributed by atoms with E-state index in [9.17, 15) is 13.6 Å². The SMILES string of the molecule is CNC(=O)C(C)NC1CCCC1(F)F. The van der Waals surface area contributed by atoms with Gasteiger partial charge in [-0.25, -0.2) is 8.78 Å². The predicted octanol–water partition coefficient (Wildman–Crippen LogP) is 0.898. The predicted molar refractivity (Wildman–Crippen MR) is 49.3 cm³/mol. The minimum absolute atomic E-state index is 0.0782. The Balaban J connectivity index is 2.48. The number of halogens is 2. The zero-order chi connectivity index (χ0) is 10.8. The number of hydrogen-bond acceptors (Lipinski definition) is 2. The standard InChI is InChI=1S/C9H16F2N2O/c1-6(8(14)12-2)13-7-4-3-5-9(7,10)11/h6-7,13H,3-5H2,1-2H3,(H,12,14). The fourth-order valence-corrected chi connectivity index (χ4v) is 1.73. The molecule has 0 aromatic heterocycles. The molecule has 1 amide bonds. The van der Waals surface area contributed by atoms with Gasteiger partial charge in [-0.1, -0.05) is 0 Å². The number of hydrogen-bond donors (Lipinski definition) is 2. The van der Waals surface area contributed by atoms with Crippen LogP contribution in [-0.4, -0.2) is 31.0 Å². The van der Waals surface area contributed by atoms with Crippen molar-refractivity contribution in [2.75, 3.05) is 7.05 Å². The molecule has 0 aliphatic heterocycles. The maximum atomic E-state index is 13.1. The minimum Gasteiger partial charge on any atom is -0.358 e. The Hall–Kier alpha value is -0.710. The third kappa shape index (κ3) is 2.41. The molecule has 5 heteroatoms. The van der Waals surface area contributed by atoms with Gasteiger partial charge < -0.3 is 5.32 Å². The van der Waals surface area contributed by atoms with Crippen LogP contribution in [0.2, 0.25) is 0 Å². The quantitative estimate of drug-likeness (QED) is 0.720. The van der Waals surface area contributed by atoms with Crippen molar-refractivity contribution in [2.24, 2.45) is 0 Å². The molecule has 1 saturated carbocycles. The number of likely N-dealkylation sites (N-methyl/N-ethyl adjacent to an activating group) is 1. The Bertz CT molecular complexity index is 221. The van der Waals surface area contributed by atoms with Gasteiger partial charge in [0.1, 0.15) is 0 Å². The van der Waals surface area contributed by atoms with Crippen molar-refractivity contribution in [3.05, 3.63) is 0 Å². The molecular weight excluding hydrogens is 190 g/mol. The lowest BCUT2D eigenvalue weighted by Gasteiger charge is -2.23. The zero-order valence-electron chi connectivity index (χ0n) is 8.44. The van der Waals surface area contributed by atoms with Gasteiger partial charge in [-0.05, 0) is 19.8 Å². The van der Waals surface area contributed by atoms with E-state index in [0.717, 1.165) is 0 Å². The number of amides is 1. The van der Waals surface area contributed by atoms with Crippen molar-refractivity contribution in [3.63, 3.8) is 0 Å². The Kier molecular flexibility index (Phi) is 3.42. The maximum absolute atomic E-state index is 13.1. The van der Waals surface area contributed by atoms with Gasteiger partial charge in [-0.3, -0.25) is 10.1 Å². The van der Waals surface area contributed by atoms with E-state index < -0.39 is 18.0 Å². The molecule has 1 rings (SSSR count). The summed E-state index contributed by atoms with van der Waals surface area (Å²) in [6.45, 7) is 1.59. The molecule has 0 saturated heterocycles. The summed E-state index contributed by atoms with van der Waals surface area (Å²) in [4.78, 5) is 11.1. The van der Waals surface area contributed by atoms with Crippen LogP contribution in [0.1, 0.15) is 26.2 Å². The van der Waals surface area contributed by atoms with Crippen LogP contribution in [0.25, 0.3) is 0 Å². The first kappa shape index (κ1) is 11.4. The zero-order valence-corrected chi connectivity index (χ0v) is 8.44. The highest BCUT2D eigenvalue weighted by molar-refractivity contribution is 5.80. The first-order chi connectivity index (χ1) is 6.47. The van der Waals surface area contributed by atoms with Crippen LogP contribution < -0.4 is 10.6 Å². The lowest BCUT2D eigenvalue weighted by atomic mass is 10.1. The van der Waals surface area contributed by atoms with E-state index in [2.05, 4.69) is 10.6 Å². The second-order valence-electron chi connectivity index (χ2n) is 3.71. The van der Waals surface area contributed by atoms with Gasteiger partial charge in [0, 0.05) is 13.5 Å².